The lowest BCUT2D eigenvalue weighted by Gasteiger charge is -2.63. The molecule has 2 fully saturated rings. The first-order valence-corrected chi connectivity index (χ1v) is 23.0. The number of hydrogen-bond acceptors (Lipinski definition) is 10. The summed E-state index contributed by atoms with van der Waals surface area (Å²) >= 11 is 7.81. The number of halogens is 1. The second-order valence-corrected chi connectivity index (χ2v) is 20.9. The highest BCUT2D eigenvalue weighted by atomic mass is 35.5. The fourth-order valence-corrected chi connectivity index (χ4v) is 10.8. The van der Waals surface area contributed by atoms with Crippen molar-refractivity contribution >= 4 is 52.5 Å². The molecule has 0 radical (unpaired) electrons. The third kappa shape index (κ3) is 9.62. The van der Waals surface area contributed by atoms with E-state index in [1.165, 1.54) is 4.90 Å². The van der Waals surface area contributed by atoms with Crippen molar-refractivity contribution in [2.24, 2.45) is 16.2 Å². The van der Waals surface area contributed by atoms with E-state index in [1.807, 2.05) is 85.7 Å². The molecule has 342 valence electrons. The van der Waals surface area contributed by atoms with E-state index in [2.05, 4.69) is 20.9 Å². The second kappa shape index (κ2) is 18.2. The number of β-amino-alcohol motifs (C(OH)–C–C–N with tert-alkyl or cyclic N) is 1. The number of aliphatic hydroxyl groups excluding tert-OH is 1. The molecule has 5 amide bonds. The SMILES string of the molecule is Cc1ncsc1-c1ccc(CNC(=O)[C@@H]2C[C@@H](O)CN2C(=O)[C@@H](NC(=O)CCN2Cc3cc(C(=O)NC4C(C)(C)C(Oc5ccc(C#N)c(Cl)c5)C4(C)C)ccc3C2=O)C(C)(C)C)cc1. The lowest BCUT2D eigenvalue weighted by atomic mass is 9.49. The lowest BCUT2D eigenvalue weighted by Crippen LogP contribution is -2.74. The second-order valence-electron chi connectivity index (χ2n) is 19.6. The summed E-state index contributed by atoms with van der Waals surface area (Å²) in [4.78, 5) is 76.7. The van der Waals surface area contributed by atoms with Crippen molar-refractivity contribution < 1.29 is 33.8 Å². The zero-order valence-electron chi connectivity index (χ0n) is 38.0. The van der Waals surface area contributed by atoms with Crippen LogP contribution in [0.5, 0.6) is 5.75 Å². The Balaban J connectivity index is 0.926. The van der Waals surface area contributed by atoms with Crippen LogP contribution in [0.4, 0.5) is 0 Å². The van der Waals surface area contributed by atoms with Crippen LogP contribution in [0, 0.1) is 34.5 Å². The van der Waals surface area contributed by atoms with Gasteiger partial charge in [0.15, 0.2) is 0 Å². The summed E-state index contributed by atoms with van der Waals surface area (Å²) in [6, 6.07) is 17.6. The maximum atomic E-state index is 14.2. The fourth-order valence-electron chi connectivity index (χ4n) is 9.76. The smallest absolute Gasteiger partial charge is 0.254 e. The van der Waals surface area contributed by atoms with Crippen LogP contribution in [-0.2, 0) is 27.5 Å². The summed E-state index contributed by atoms with van der Waals surface area (Å²) in [5.41, 5.74) is 4.83. The van der Waals surface area contributed by atoms with Crippen LogP contribution >= 0.6 is 22.9 Å². The molecule has 3 atom stereocenters. The molecule has 7 rings (SSSR count). The Morgan fingerprint density at radius 2 is 1.75 bits per heavy atom. The van der Waals surface area contributed by atoms with Crippen molar-refractivity contribution in [2.75, 3.05) is 13.1 Å². The Kier molecular flexibility index (Phi) is 13.2. The number of ether oxygens (including phenoxy) is 1. The van der Waals surface area contributed by atoms with Gasteiger partial charge in [0.1, 0.15) is 30.0 Å². The number of fused-ring (bicyclic) bond motifs is 1. The van der Waals surface area contributed by atoms with E-state index in [1.54, 1.807) is 58.1 Å². The van der Waals surface area contributed by atoms with Crippen LogP contribution in [0.2, 0.25) is 5.02 Å². The standard InChI is InChI=1S/C49H56ClN7O7S/c1-27-39(65-26-53-27)29-11-9-28(10-12-29)23-52-42(61)37-20-33(58)25-57(37)44(63)40(47(2,3)4)54-38(59)17-18-56-24-32-19-30(14-16-35(32)43(56)62)41(60)55-45-48(5,6)46(49(45,7)8)64-34-15-13-31(22-51)36(50)21-34/h9-16,19,21,26,33,37,40,45-46,58H,17-18,20,23-25H2,1-8H3,(H,52,61)(H,54,59)(H,55,60)/t33-,37+,40-,45?,46?/m1/s1. The zero-order valence-corrected chi connectivity index (χ0v) is 39.5. The highest BCUT2D eigenvalue weighted by Crippen LogP contribution is 2.55. The average molecular weight is 923 g/mol. The van der Waals surface area contributed by atoms with Gasteiger partial charge in [-0.3, -0.25) is 24.0 Å². The molecule has 1 saturated heterocycles. The van der Waals surface area contributed by atoms with Gasteiger partial charge in [0.25, 0.3) is 11.8 Å². The minimum absolute atomic E-state index is 0.0520. The summed E-state index contributed by atoms with van der Waals surface area (Å²) in [7, 11) is 0. The molecule has 3 aromatic carbocycles. The van der Waals surface area contributed by atoms with Gasteiger partial charge in [-0.1, -0.05) is 84.3 Å². The van der Waals surface area contributed by atoms with Gasteiger partial charge in [-0.05, 0) is 59.4 Å². The van der Waals surface area contributed by atoms with Crippen molar-refractivity contribution in [2.45, 2.75) is 112 Å². The molecule has 3 aliphatic rings. The molecule has 65 heavy (non-hydrogen) atoms. The maximum Gasteiger partial charge on any atom is 0.254 e. The molecular formula is C49H56ClN7O7S. The number of carbonyl (C=O) groups excluding carboxylic acids is 5. The van der Waals surface area contributed by atoms with E-state index in [-0.39, 0.29) is 63.0 Å². The molecule has 0 spiro atoms. The number of rotatable bonds is 13. The van der Waals surface area contributed by atoms with Gasteiger partial charge in [-0.15, -0.1) is 11.3 Å². The normalized spacial score (nSPS) is 21.2. The molecule has 0 bridgehead atoms. The van der Waals surface area contributed by atoms with Crippen LogP contribution in [-0.4, -0.2) is 92.8 Å². The number of benzene rings is 3. The number of carbonyl (C=O) groups is 5. The van der Waals surface area contributed by atoms with Crippen LogP contribution in [0.1, 0.15) is 104 Å². The average Bonchev–Trinajstić information content (AvgIpc) is 3.97. The molecule has 0 unspecified atom stereocenters. The lowest BCUT2D eigenvalue weighted by molar-refractivity contribution is -0.164. The Bertz CT molecular complexity index is 2550. The maximum absolute atomic E-state index is 14.2. The quantitative estimate of drug-likeness (QED) is 0.117. The van der Waals surface area contributed by atoms with Crippen LogP contribution < -0.4 is 20.7 Å². The number of thiazole rings is 1. The van der Waals surface area contributed by atoms with Crippen molar-refractivity contribution in [1.29, 1.82) is 5.26 Å². The first-order chi connectivity index (χ1) is 30.6. The van der Waals surface area contributed by atoms with Gasteiger partial charge in [-0.2, -0.15) is 5.26 Å². The van der Waals surface area contributed by atoms with Gasteiger partial charge in [-0.25, -0.2) is 4.98 Å². The van der Waals surface area contributed by atoms with Crippen LogP contribution in [0.3, 0.4) is 0 Å². The molecule has 4 aromatic rings. The molecule has 4 N–H and O–H groups in total. The first-order valence-electron chi connectivity index (χ1n) is 21.7. The third-order valence-electron chi connectivity index (χ3n) is 13.0. The zero-order chi connectivity index (χ0) is 47.2. The molecule has 2 aliphatic heterocycles. The van der Waals surface area contributed by atoms with Crippen molar-refractivity contribution in [3.8, 4) is 22.3 Å². The minimum atomic E-state index is -1.02. The Labute approximate surface area is 388 Å². The summed E-state index contributed by atoms with van der Waals surface area (Å²) in [5, 5.41) is 29.2. The van der Waals surface area contributed by atoms with E-state index < -0.39 is 52.2 Å². The first kappa shape index (κ1) is 47.2. The number of nitrogens with zero attached hydrogens (tertiary/aromatic N) is 4. The van der Waals surface area contributed by atoms with E-state index in [0.717, 1.165) is 21.7 Å². The van der Waals surface area contributed by atoms with Gasteiger partial charge >= 0.3 is 0 Å². The topological polar surface area (TPSA) is 194 Å². The van der Waals surface area contributed by atoms with Crippen molar-refractivity contribution in [3.63, 3.8) is 0 Å². The van der Waals surface area contributed by atoms with Crippen LogP contribution in [0.25, 0.3) is 10.4 Å². The molecule has 14 nitrogen and oxygen atoms in total. The highest BCUT2D eigenvalue weighted by Gasteiger charge is 2.64. The summed E-state index contributed by atoms with van der Waals surface area (Å²) in [6.07, 6.45) is -1.21. The summed E-state index contributed by atoms with van der Waals surface area (Å²) in [6.45, 7) is 15.9. The number of aliphatic hydroxyl groups is 1. The number of nitriles is 1. The number of aromatic nitrogens is 1. The molecular weight excluding hydrogens is 866 g/mol. The van der Waals surface area contributed by atoms with E-state index in [4.69, 9.17) is 16.3 Å². The van der Waals surface area contributed by atoms with E-state index >= 15 is 0 Å². The Morgan fingerprint density at radius 3 is 2.38 bits per heavy atom. The van der Waals surface area contributed by atoms with Gasteiger partial charge in [0, 0.05) is 73.1 Å². The Hall–Kier alpha value is -5.82. The summed E-state index contributed by atoms with van der Waals surface area (Å²) < 4.78 is 6.37. The van der Waals surface area contributed by atoms with E-state index in [9.17, 15) is 34.3 Å². The van der Waals surface area contributed by atoms with Gasteiger partial charge in [0.2, 0.25) is 17.7 Å². The third-order valence-corrected chi connectivity index (χ3v) is 14.3. The molecule has 1 saturated carbocycles. The predicted molar refractivity (Wildman–Crippen MR) is 247 cm³/mol. The molecule has 1 aromatic heterocycles. The highest BCUT2D eigenvalue weighted by molar-refractivity contribution is 7.13. The minimum Gasteiger partial charge on any atom is -0.489 e. The number of amides is 5. The van der Waals surface area contributed by atoms with Gasteiger partial charge in [0.05, 0.1) is 32.8 Å². The predicted octanol–water partition coefficient (Wildman–Crippen LogP) is 6.41. The Morgan fingerprint density at radius 1 is 1.05 bits per heavy atom. The number of aryl methyl sites for hydroxylation is 1. The molecule has 1 aliphatic carbocycles. The van der Waals surface area contributed by atoms with E-state index in [0.29, 0.717) is 33.0 Å². The van der Waals surface area contributed by atoms with Gasteiger partial charge < -0.3 is 35.6 Å². The fraction of sp³-hybridized carbons (Fsp3) is 0.449. The largest absolute Gasteiger partial charge is 0.489 e. The molecule has 3 heterocycles. The number of hydrogen-bond donors (Lipinski definition) is 4. The molecule has 16 heteroatoms. The number of likely N-dealkylation sites (tertiary alicyclic amines) is 1. The van der Waals surface area contributed by atoms with Crippen molar-refractivity contribution in [3.05, 3.63) is 105 Å². The summed E-state index contributed by atoms with van der Waals surface area (Å²) in [5.74, 6) is -1.35. The van der Waals surface area contributed by atoms with Crippen LogP contribution in [0.15, 0.2) is 66.2 Å². The number of nitrogens with one attached hydrogen (secondary N) is 3. The van der Waals surface area contributed by atoms with Crippen molar-refractivity contribution in [1.82, 2.24) is 30.7 Å². The monoisotopic (exact) mass is 921 g/mol.